The Labute approximate surface area is 192 Å². The van der Waals surface area contributed by atoms with Crippen molar-refractivity contribution in [2.75, 3.05) is 31.1 Å². The Bertz CT molecular complexity index is 1250. The quantitative estimate of drug-likeness (QED) is 0.471. The van der Waals surface area contributed by atoms with Crippen LogP contribution in [-0.4, -0.2) is 56.7 Å². The highest BCUT2D eigenvalue weighted by atomic mass is 16.5. The highest BCUT2D eigenvalue weighted by Crippen LogP contribution is 2.27. The van der Waals surface area contributed by atoms with Gasteiger partial charge in [0.05, 0.1) is 11.3 Å². The van der Waals surface area contributed by atoms with E-state index in [0.29, 0.717) is 43.2 Å². The van der Waals surface area contributed by atoms with Gasteiger partial charge in [0.15, 0.2) is 5.82 Å². The van der Waals surface area contributed by atoms with E-state index in [2.05, 4.69) is 20.0 Å². The Balaban J connectivity index is 1.27. The minimum Gasteiger partial charge on any atom is -0.457 e. The second kappa shape index (κ2) is 9.12. The predicted octanol–water partition coefficient (Wildman–Crippen LogP) is 3.73. The van der Waals surface area contributed by atoms with Gasteiger partial charge in [-0.25, -0.2) is 14.6 Å². The molecule has 0 spiro atoms. The number of carbonyl (C=O) groups excluding carboxylic acids is 1. The normalized spacial score (nSPS) is 13.7. The summed E-state index contributed by atoms with van der Waals surface area (Å²) in [6, 6.07) is 20.7. The lowest BCUT2D eigenvalue weighted by Crippen LogP contribution is -2.49. The third-order valence-electron chi connectivity index (χ3n) is 5.57. The number of benzene rings is 2. The van der Waals surface area contributed by atoms with Crippen molar-refractivity contribution in [2.45, 2.75) is 6.92 Å². The second-order valence-corrected chi connectivity index (χ2v) is 7.83. The van der Waals surface area contributed by atoms with Crippen LogP contribution >= 0.6 is 0 Å². The average Bonchev–Trinajstić information content (AvgIpc) is 3.31. The number of carbonyl (C=O) groups is 1. The molecule has 5 rings (SSSR count). The number of para-hydroxylation sites is 2. The fourth-order valence-corrected chi connectivity index (χ4v) is 3.83. The number of hydrogen-bond donors (Lipinski definition) is 0. The van der Waals surface area contributed by atoms with Crippen LogP contribution in [0.5, 0.6) is 11.5 Å². The summed E-state index contributed by atoms with van der Waals surface area (Å²) in [5, 5.41) is 4.42. The summed E-state index contributed by atoms with van der Waals surface area (Å²) in [4.78, 5) is 26.1. The van der Waals surface area contributed by atoms with Gasteiger partial charge in [-0.15, -0.1) is 0 Å². The number of hydrogen-bond acceptors (Lipinski definition) is 6. The first kappa shape index (κ1) is 20.7. The second-order valence-electron chi connectivity index (χ2n) is 7.83. The molecule has 0 bridgehead atoms. The van der Waals surface area contributed by atoms with Gasteiger partial charge in [-0.1, -0.05) is 30.3 Å². The molecule has 2 aromatic carbocycles. The van der Waals surface area contributed by atoms with Gasteiger partial charge in [-0.05, 0) is 37.3 Å². The third-order valence-corrected chi connectivity index (χ3v) is 5.57. The van der Waals surface area contributed by atoms with Gasteiger partial charge in [0.2, 0.25) is 0 Å². The fraction of sp³-hybridized carbons (Fsp3) is 0.200. The number of amides is 1. The molecule has 1 aliphatic rings. The zero-order chi connectivity index (χ0) is 22.6. The lowest BCUT2D eigenvalue weighted by molar-refractivity contribution is 0.0744. The van der Waals surface area contributed by atoms with Crippen molar-refractivity contribution in [3.8, 4) is 17.3 Å². The van der Waals surface area contributed by atoms with E-state index < -0.39 is 0 Å². The first-order chi connectivity index (χ1) is 16.2. The molecule has 1 fully saturated rings. The van der Waals surface area contributed by atoms with E-state index in [-0.39, 0.29) is 5.91 Å². The van der Waals surface area contributed by atoms with Crippen molar-refractivity contribution in [1.29, 1.82) is 0 Å². The van der Waals surface area contributed by atoms with Crippen molar-refractivity contribution < 1.29 is 9.53 Å². The Morgan fingerprint density at radius 1 is 0.879 bits per heavy atom. The third kappa shape index (κ3) is 4.55. The molecule has 0 radical (unpaired) electrons. The molecular weight excluding hydrogens is 416 g/mol. The Morgan fingerprint density at radius 3 is 2.36 bits per heavy atom. The molecule has 33 heavy (non-hydrogen) atoms. The van der Waals surface area contributed by atoms with E-state index in [1.54, 1.807) is 11.0 Å². The van der Waals surface area contributed by atoms with Gasteiger partial charge in [-0.3, -0.25) is 4.79 Å². The van der Waals surface area contributed by atoms with Gasteiger partial charge in [0, 0.05) is 38.4 Å². The zero-order valence-corrected chi connectivity index (χ0v) is 18.3. The van der Waals surface area contributed by atoms with Crippen molar-refractivity contribution in [1.82, 2.24) is 24.6 Å². The molecule has 4 aromatic rings. The standard InChI is InChI=1S/C25H24N6O2/c1-19-11-12-31(28-19)24-17-23(26-18-27-24)29-13-15-30(16-14-29)25(32)21-9-5-6-10-22(21)33-20-7-3-2-4-8-20/h2-12,17-18H,13-16H2,1H3. The summed E-state index contributed by atoms with van der Waals surface area (Å²) >= 11 is 0. The van der Waals surface area contributed by atoms with Crippen molar-refractivity contribution in [3.05, 3.63) is 90.5 Å². The lowest BCUT2D eigenvalue weighted by atomic mass is 10.1. The molecule has 0 atom stereocenters. The molecular formula is C25H24N6O2. The monoisotopic (exact) mass is 440 g/mol. The van der Waals surface area contributed by atoms with Gasteiger partial charge in [-0.2, -0.15) is 5.10 Å². The van der Waals surface area contributed by atoms with Crippen LogP contribution in [0.1, 0.15) is 16.1 Å². The van der Waals surface area contributed by atoms with E-state index in [1.807, 2.05) is 84.8 Å². The van der Waals surface area contributed by atoms with Crippen LogP contribution in [0.25, 0.3) is 5.82 Å². The fourth-order valence-electron chi connectivity index (χ4n) is 3.83. The largest absolute Gasteiger partial charge is 0.457 e. The maximum atomic E-state index is 13.3. The number of rotatable bonds is 5. The van der Waals surface area contributed by atoms with E-state index in [1.165, 1.54) is 0 Å². The van der Waals surface area contributed by atoms with Crippen LogP contribution in [0.2, 0.25) is 0 Å². The molecule has 2 aromatic heterocycles. The minimum absolute atomic E-state index is 0.0310. The first-order valence-corrected chi connectivity index (χ1v) is 10.9. The van der Waals surface area contributed by atoms with Crippen molar-refractivity contribution in [3.63, 3.8) is 0 Å². The maximum absolute atomic E-state index is 13.3. The Kier molecular flexibility index (Phi) is 5.72. The Morgan fingerprint density at radius 2 is 1.61 bits per heavy atom. The maximum Gasteiger partial charge on any atom is 0.257 e. The molecule has 8 nitrogen and oxygen atoms in total. The molecule has 8 heteroatoms. The summed E-state index contributed by atoms with van der Waals surface area (Å²) in [6.07, 6.45) is 3.43. The molecule has 0 saturated carbocycles. The highest BCUT2D eigenvalue weighted by molar-refractivity contribution is 5.97. The number of ether oxygens (including phenoxy) is 1. The molecule has 0 N–H and O–H groups in total. The number of nitrogens with zero attached hydrogens (tertiary/aromatic N) is 6. The summed E-state index contributed by atoms with van der Waals surface area (Å²) in [5.74, 6) is 2.78. The van der Waals surface area contributed by atoms with Crippen LogP contribution in [0.4, 0.5) is 5.82 Å². The molecule has 0 unspecified atom stereocenters. The van der Waals surface area contributed by atoms with Crippen LogP contribution in [-0.2, 0) is 0 Å². The molecule has 1 saturated heterocycles. The van der Waals surface area contributed by atoms with Crippen molar-refractivity contribution in [2.24, 2.45) is 0 Å². The smallest absolute Gasteiger partial charge is 0.257 e. The van der Waals surface area contributed by atoms with Crippen LogP contribution in [0.15, 0.2) is 79.3 Å². The number of anilines is 1. The zero-order valence-electron chi connectivity index (χ0n) is 18.3. The summed E-state index contributed by atoms with van der Waals surface area (Å²) < 4.78 is 7.73. The summed E-state index contributed by atoms with van der Waals surface area (Å²) in [5.41, 5.74) is 1.49. The Hall–Kier alpha value is -4.20. The summed E-state index contributed by atoms with van der Waals surface area (Å²) in [7, 11) is 0. The van der Waals surface area contributed by atoms with Gasteiger partial charge < -0.3 is 14.5 Å². The van der Waals surface area contributed by atoms with Crippen LogP contribution < -0.4 is 9.64 Å². The number of piperazine rings is 1. The van der Waals surface area contributed by atoms with Gasteiger partial charge in [0.25, 0.3) is 5.91 Å². The topological polar surface area (TPSA) is 76.4 Å². The summed E-state index contributed by atoms with van der Waals surface area (Å²) in [6.45, 7) is 4.50. The van der Waals surface area contributed by atoms with E-state index in [9.17, 15) is 4.79 Å². The van der Waals surface area contributed by atoms with Gasteiger partial charge in [0.1, 0.15) is 23.6 Å². The van der Waals surface area contributed by atoms with E-state index in [0.717, 1.165) is 17.3 Å². The average molecular weight is 441 g/mol. The predicted molar refractivity (Wildman–Crippen MR) is 125 cm³/mol. The SMILES string of the molecule is Cc1ccn(-c2cc(N3CCN(C(=O)c4ccccc4Oc4ccccc4)CC3)ncn2)n1. The minimum atomic E-state index is -0.0310. The van der Waals surface area contributed by atoms with Crippen molar-refractivity contribution >= 4 is 11.7 Å². The first-order valence-electron chi connectivity index (χ1n) is 10.9. The van der Waals surface area contributed by atoms with Gasteiger partial charge >= 0.3 is 0 Å². The molecule has 3 heterocycles. The van der Waals surface area contributed by atoms with Crippen LogP contribution in [0, 0.1) is 6.92 Å². The number of aryl methyl sites for hydroxylation is 1. The highest BCUT2D eigenvalue weighted by Gasteiger charge is 2.25. The lowest BCUT2D eigenvalue weighted by Gasteiger charge is -2.35. The molecule has 1 amide bonds. The molecule has 1 aliphatic heterocycles. The van der Waals surface area contributed by atoms with Crippen LogP contribution in [0.3, 0.4) is 0 Å². The molecule has 0 aliphatic carbocycles. The van der Waals surface area contributed by atoms with E-state index >= 15 is 0 Å². The van der Waals surface area contributed by atoms with E-state index in [4.69, 9.17) is 4.74 Å². The number of aromatic nitrogens is 4. The molecule has 166 valence electrons.